The number of nitrogens with one attached hydrogen (secondary N) is 1. The van der Waals surface area contributed by atoms with Crippen LogP contribution in [0.5, 0.6) is 5.75 Å². The second-order valence-electron chi connectivity index (χ2n) is 9.51. The molecule has 0 spiro atoms. The van der Waals surface area contributed by atoms with Gasteiger partial charge < -0.3 is 10.1 Å². The molecule has 0 fully saturated rings. The highest BCUT2D eigenvalue weighted by molar-refractivity contribution is 6.35. The van der Waals surface area contributed by atoms with Crippen LogP contribution in [0, 0.1) is 5.92 Å². The Morgan fingerprint density at radius 2 is 1.73 bits per heavy atom. The summed E-state index contributed by atoms with van der Waals surface area (Å²) in [4.78, 5) is 4.68. The lowest BCUT2D eigenvalue weighted by Gasteiger charge is -2.37. The third-order valence-corrected chi connectivity index (χ3v) is 7.76. The van der Waals surface area contributed by atoms with Crippen LogP contribution in [0.4, 0.5) is 11.4 Å². The molecule has 1 N–H and O–H groups in total. The molecular weight excluding hydrogens is 499 g/mol. The Hall–Kier alpha value is -3.53. The van der Waals surface area contributed by atoms with E-state index in [9.17, 15) is 0 Å². The minimum atomic E-state index is 0.295. The molecule has 37 heavy (non-hydrogen) atoms. The zero-order chi connectivity index (χ0) is 25.2. The molecule has 0 aromatic heterocycles. The first-order chi connectivity index (χ1) is 18.1. The Balaban J connectivity index is 1.10. The van der Waals surface area contributed by atoms with Crippen molar-refractivity contribution in [3.63, 3.8) is 0 Å². The van der Waals surface area contributed by atoms with E-state index in [2.05, 4.69) is 71.0 Å². The van der Waals surface area contributed by atoms with Crippen molar-refractivity contribution in [1.29, 1.82) is 0 Å². The summed E-state index contributed by atoms with van der Waals surface area (Å²) < 4.78 is 5.87. The van der Waals surface area contributed by atoms with Gasteiger partial charge in [-0.15, -0.1) is 0 Å². The summed E-state index contributed by atoms with van der Waals surface area (Å²) in [7, 11) is 0. The fourth-order valence-electron chi connectivity index (χ4n) is 5.24. The van der Waals surface area contributed by atoms with Crippen molar-refractivity contribution < 1.29 is 4.74 Å². The maximum atomic E-state index is 6.23. The lowest BCUT2D eigenvalue weighted by molar-refractivity contribution is 0.306. The highest BCUT2D eigenvalue weighted by atomic mass is 35.5. The van der Waals surface area contributed by atoms with Gasteiger partial charge in [0.1, 0.15) is 12.4 Å². The molecule has 0 amide bonds. The Morgan fingerprint density at radius 3 is 2.54 bits per heavy atom. The van der Waals surface area contributed by atoms with Gasteiger partial charge in [0.25, 0.3) is 0 Å². The van der Waals surface area contributed by atoms with Crippen molar-refractivity contribution in [3.8, 4) is 5.75 Å². The van der Waals surface area contributed by atoms with Crippen molar-refractivity contribution >= 4 is 40.8 Å². The van der Waals surface area contributed by atoms with Gasteiger partial charge in [-0.2, -0.15) is 0 Å². The monoisotopic (exact) mass is 524 g/mol. The van der Waals surface area contributed by atoms with Crippen LogP contribution >= 0.6 is 23.2 Å². The minimum absolute atomic E-state index is 0.295. The number of ether oxygens (including phenoxy) is 1. The zero-order valence-corrected chi connectivity index (χ0v) is 21.7. The van der Waals surface area contributed by atoms with Crippen LogP contribution in [0.1, 0.15) is 40.6 Å². The Kier molecular flexibility index (Phi) is 6.73. The van der Waals surface area contributed by atoms with Gasteiger partial charge in [0, 0.05) is 33.4 Å². The van der Waals surface area contributed by atoms with Gasteiger partial charge in [0.2, 0.25) is 0 Å². The van der Waals surface area contributed by atoms with E-state index in [0.717, 1.165) is 29.0 Å². The number of anilines is 1. The highest BCUT2D eigenvalue weighted by Gasteiger charge is 2.37. The van der Waals surface area contributed by atoms with Gasteiger partial charge in [-0.25, -0.2) is 0 Å². The minimum Gasteiger partial charge on any atom is -0.489 e. The average Bonchev–Trinajstić information content (AvgIpc) is 3.42. The lowest BCUT2D eigenvalue weighted by atomic mass is 9.77. The first-order valence-corrected chi connectivity index (χ1v) is 13.2. The smallest absolute Gasteiger partial charge is 0.119 e. The Labute approximate surface area is 227 Å². The number of rotatable bonds is 6. The van der Waals surface area contributed by atoms with Crippen LogP contribution in [0.2, 0.25) is 10.0 Å². The summed E-state index contributed by atoms with van der Waals surface area (Å²) in [6.45, 7) is 0.384. The number of fused-ring (bicyclic) bond motifs is 3. The first kappa shape index (κ1) is 23.8. The summed E-state index contributed by atoms with van der Waals surface area (Å²) in [5.74, 6) is 1.80. The topological polar surface area (TPSA) is 33.6 Å². The number of hydrogen-bond donors (Lipinski definition) is 1. The average molecular weight is 525 g/mol. The number of para-hydroxylation sites is 1. The van der Waals surface area contributed by atoms with Gasteiger partial charge >= 0.3 is 0 Å². The molecule has 1 aliphatic heterocycles. The van der Waals surface area contributed by atoms with Crippen molar-refractivity contribution in [2.75, 3.05) is 5.32 Å². The number of hydrogen-bond acceptors (Lipinski definition) is 3. The quantitative estimate of drug-likeness (QED) is 0.201. The van der Waals surface area contributed by atoms with Gasteiger partial charge in [-0.3, -0.25) is 4.99 Å². The number of halogens is 2. The van der Waals surface area contributed by atoms with Gasteiger partial charge in [-0.1, -0.05) is 71.8 Å². The zero-order valence-electron chi connectivity index (χ0n) is 20.1. The van der Waals surface area contributed by atoms with E-state index in [1.54, 1.807) is 6.07 Å². The summed E-state index contributed by atoms with van der Waals surface area (Å²) in [5, 5.41) is 5.01. The lowest BCUT2D eigenvalue weighted by Crippen LogP contribution is -2.28. The van der Waals surface area contributed by atoms with Gasteiger partial charge in [0.05, 0.1) is 11.7 Å². The van der Waals surface area contributed by atoms with Crippen molar-refractivity contribution in [2.45, 2.75) is 25.0 Å². The highest BCUT2D eigenvalue weighted by Crippen LogP contribution is 2.49. The molecule has 4 aromatic rings. The predicted molar refractivity (Wildman–Crippen MR) is 154 cm³/mol. The number of allylic oxidation sites excluding steroid dienone is 2. The normalized spacial score (nSPS) is 19.9. The molecule has 0 saturated carbocycles. The van der Waals surface area contributed by atoms with Crippen molar-refractivity contribution in [2.24, 2.45) is 10.9 Å². The second-order valence-corrected chi connectivity index (χ2v) is 10.3. The third kappa shape index (κ3) is 5.16. The van der Waals surface area contributed by atoms with Crippen molar-refractivity contribution in [1.82, 2.24) is 0 Å². The first-order valence-electron chi connectivity index (χ1n) is 12.5. The van der Waals surface area contributed by atoms with E-state index < -0.39 is 0 Å². The SMILES string of the molecule is Clc1ccc(COc2ccc(C=Nc3ccc([C@@H]4Nc5ccccc5[C@@H]5C=CC[C@@H]54)cc3)cc2)c(Cl)c1. The molecule has 1 aliphatic carbocycles. The maximum Gasteiger partial charge on any atom is 0.119 e. The molecule has 1 heterocycles. The predicted octanol–water partition coefficient (Wildman–Crippen LogP) is 9.15. The van der Waals surface area contributed by atoms with E-state index in [1.807, 2.05) is 42.6 Å². The fourth-order valence-corrected chi connectivity index (χ4v) is 5.70. The molecule has 184 valence electrons. The summed E-state index contributed by atoms with van der Waals surface area (Å²) in [6.07, 6.45) is 7.68. The van der Waals surface area contributed by atoms with E-state index in [1.165, 1.54) is 16.8 Å². The number of aliphatic imine (C=N–C) groups is 1. The van der Waals surface area contributed by atoms with Gasteiger partial charge in [-0.05, 0) is 83.6 Å². The summed E-state index contributed by atoms with van der Waals surface area (Å²) in [5.41, 5.74) is 6.78. The number of benzene rings is 4. The molecule has 0 radical (unpaired) electrons. The molecule has 0 bridgehead atoms. The third-order valence-electron chi connectivity index (χ3n) is 7.18. The molecular formula is C32H26Cl2N2O. The molecule has 5 heteroatoms. The van der Waals surface area contributed by atoms with Crippen LogP contribution in [-0.2, 0) is 6.61 Å². The summed E-state index contributed by atoms with van der Waals surface area (Å²) >= 11 is 12.2. The van der Waals surface area contributed by atoms with E-state index >= 15 is 0 Å². The second kappa shape index (κ2) is 10.5. The van der Waals surface area contributed by atoms with Crippen LogP contribution in [-0.4, -0.2) is 6.21 Å². The van der Waals surface area contributed by atoms with Crippen LogP contribution in [0.3, 0.4) is 0 Å². The standard InChI is InChI=1S/C32H26Cl2N2O/c33-24-13-10-23(30(34)18-24)20-37-26-16-8-21(9-17-26)19-35-25-14-11-22(12-15-25)32-29-6-3-5-27(29)28-4-1-2-7-31(28)36-32/h1-5,7-19,27,29,32,36H,6,20H2/t27-,29-,32-/m0/s1. The Morgan fingerprint density at radius 1 is 0.919 bits per heavy atom. The van der Waals surface area contributed by atoms with E-state index in [0.29, 0.717) is 34.5 Å². The molecule has 0 unspecified atom stereocenters. The molecule has 3 nitrogen and oxygen atoms in total. The number of nitrogens with zero attached hydrogens (tertiary/aromatic N) is 1. The molecule has 2 aliphatic rings. The molecule has 0 saturated heterocycles. The van der Waals surface area contributed by atoms with E-state index in [4.69, 9.17) is 27.9 Å². The Bertz CT molecular complexity index is 1460. The van der Waals surface area contributed by atoms with E-state index in [-0.39, 0.29) is 0 Å². The van der Waals surface area contributed by atoms with Crippen LogP contribution in [0.25, 0.3) is 0 Å². The molecule has 6 rings (SSSR count). The summed E-state index contributed by atoms with van der Waals surface area (Å²) in [6, 6.07) is 30.8. The van der Waals surface area contributed by atoms with Crippen LogP contribution in [0.15, 0.2) is 108 Å². The van der Waals surface area contributed by atoms with Gasteiger partial charge in [0.15, 0.2) is 0 Å². The molecule has 3 atom stereocenters. The fraction of sp³-hybridized carbons (Fsp3) is 0.156. The van der Waals surface area contributed by atoms with Crippen molar-refractivity contribution in [3.05, 3.63) is 135 Å². The molecule has 4 aromatic carbocycles. The van der Waals surface area contributed by atoms with Crippen LogP contribution < -0.4 is 10.1 Å². The largest absolute Gasteiger partial charge is 0.489 e. The maximum absolute atomic E-state index is 6.23.